The minimum absolute atomic E-state index is 0.0263. The van der Waals surface area contributed by atoms with Crippen LogP contribution in [-0.2, 0) is 6.54 Å². The predicted octanol–water partition coefficient (Wildman–Crippen LogP) is 2.32. The molecular weight excluding hydrogens is 374 g/mol. The monoisotopic (exact) mass is 377 g/mol. The van der Waals surface area contributed by atoms with Crippen molar-refractivity contribution in [3.05, 3.63) is 53.5 Å². The summed E-state index contributed by atoms with van der Waals surface area (Å²) in [7, 11) is 0. The predicted molar refractivity (Wildman–Crippen MR) is 68.4 cm³/mol. The van der Waals surface area contributed by atoms with Crippen molar-refractivity contribution in [2.24, 2.45) is 0 Å². The van der Waals surface area contributed by atoms with Crippen LogP contribution in [-0.4, -0.2) is 14.7 Å². The second kappa shape index (κ2) is 5.02. The average Bonchev–Trinajstić information content (AvgIpc) is 2.79. The summed E-state index contributed by atoms with van der Waals surface area (Å²) in [6, 6.07) is 2.66. The largest absolute Gasteiger partial charge is 0.433 e. The Morgan fingerprint density at radius 1 is 1.44 bits per heavy atom. The fourth-order valence-corrected chi connectivity index (χ4v) is 1.82. The molecule has 0 bridgehead atoms. The maximum Gasteiger partial charge on any atom is 0.433 e. The van der Waals surface area contributed by atoms with Crippen LogP contribution in [0.3, 0.4) is 0 Å². The van der Waals surface area contributed by atoms with Gasteiger partial charge in [0.25, 0.3) is 5.56 Å². The van der Waals surface area contributed by atoms with Gasteiger partial charge >= 0.3 is 5.88 Å². The van der Waals surface area contributed by atoms with E-state index in [1.807, 2.05) is 0 Å². The summed E-state index contributed by atoms with van der Waals surface area (Å²) in [5.74, 6) is -0.0836. The van der Waals surface area contributed by atoms with E-state index in [2.05, 4.69) is 37.0 Å². The first-order chi connectivity index (χ1) is 8.49. The number of nitro groups is 1. The second-order valence-corrected chi connectivity index (χ2v) is 4.91. The van der Waals surface area contributed by atoms with Gasteiger partial charge in [-0.25, -0.2) is 4.68 Å². The molecule has 0 atom stereocenters. The highest BCUT2D eigenvalue weighted by Gasteiger charge is 2.14. The van der Waals surface area contributed by atoms with Crippen molar-refractivity contribution in [3.8, 4) is 0 Å². The highest BCUT2D eigenvalue weighted by Crippen LogP contribution is 2.18. The van der Waals surface area contributed by atoms with Crippen molar-refractivity contribution in [3.63, 3.8) is 0 Å². The minimum atomic E-state index is -0.642. The fourth-order valence-electron chi connectivity index (χ4n) is 1.25. The molecule has 0 saturated heterocycles. The van der Waals surface area contributed by atoms with E-state index in [-0.39, 0.29) is 23.7 Å². The molecule has 0 unspecified atom stereocenters. The zero-order valence-electron chi connectivity index (χ0n) is 8.67. The lowest BCUT2D eigenvalue weighted by molar-refractivity contribution is -0.402. The molecule has 7 nitrogen and oxygen atoms in total. The third-order valence-corrected chi connectivity index (χ3v) is 3.98. The minimum Gasteiger partial charge on any atom is -0.404 e. The van der Waals surface area contributed by atoms with E-state index in [0.717, 1.165) is 4.68 Å². The first kappa shape index (κ1) is 13.0. The van der Waals surface area contributed by atoms with Crippen LogP contribution >= 0.6 is 31.9 Å². The SMILES string of the molecule is O=c1c(Br)c(Br)cnn1Cc1ccc([N+](=O)[O-])o1. The molecule has 0 aliphatic heterocycles. The van der Waals surface area contributed by atoms with Crippen molar-refractivity contribution < 1.29 is 9.34 Å². The number of aromatic nitrogens is 2. The molecule has 2 rings (SSSR count). The zero-order valence-corrected chi connectivity index (χ0v) is 11.8. The summed E-state index contributed by atoms with van der Waals surface area (Å²) in [4.78, 5) is 21.6. The molecule has 0 spiro atoms. The summed E-state index contributed by atoms with van der Waals surface area (Å²) in [5, 5.41) is 14.3. The summed E-state index contributed by atoms with van der Waals surface area (Å²) in [5.41, 5.74) is -0.358. The molecule has 0 aliphatic rings. The quantitative estimate of drug-likeness (QED) is 0.603. The molecular formula is C9H5Br2N3O4. The molecule has 0 saturated carbocycles. The van der Waals surface area contributed by atoms with Gasteiger partial charge in [0, 0.05) is 0 Å². The summed E-state index contributed by atoms with van der Waals surface area (Å²) < 4.78 is 6.95. The van der Waals surface area contributed by atoms with E-state index >= 15 is 0 Å². The molecule has 9 heteroatoms. The number of hydrogen-bond donors (Lipinski definition) is 0. The van der Waals surface area contributed by atoms with Crippen molar-refractivity contribution in [1.82, 2.24) is 9.78 Å². The third kappa shape index (κ3) is 2.51. The zero-order chi connectivity index (χ0) is 13.3. The Labute approximate surface area is 117 Å². The van der Waals surface area contributed by atoms with Gasteiger partial charge in [-0.1, -0.05) is 0 Å². The van der Waals surface area contributed by atoms with Crippen LogP contribution in [0.15, 0.2) is 36.5 Å². The van der Waals surface area contributed by atoms with E-state index in [9.17, 15) is 14.9 Å². The number of nitrogens with zero attached hydrogens (tertiary/aromatic N) is 3. The van der Waals surface area contributed by atoms with Gasteiger partial charge in [-0.2, -0.15) is 5.10 Å². The Morgan fingerprint density at radius 2 is 2.17 bits per heavy atom. The third-order valence-electron chi connectivity index (χ3n) is 2.08. The Hall–Kier alpha value is -1.48. The summed E-state index contributed by atoms with van der Waals surface area (Å²) >= 11 is 6.27. The van der Waals surface area contributed by atoms with Gasteiger partial charge < -0.3 is 4.42 Å². The Bertz CT molecular complexity index is 664. The first-order valence-electron chi connectivity index (χ1n) is 4.63. The molecule has 2 aromatic heterocycles. The molecule has 0 radical (unpaired) electrons. The van der Waals surface area contributed by atoms with E-state index in [4.69, 9.17) is 4.42 Å². The van der Waals surface area contributed by atoms with Crippen molar-refractivity contribution >= 4 is 37.7 Å². The lowest BCUT2D eigenvalue weighted by atomic mass is 10.4. The van der Waals surface area contributed by atoms with Crippen LogP contribution in [0.2, 0.25) is 0 Å². The standard InChI is InChI=1S/C9H5Br2N3O4/c10-6-3-12-13(9(15)8(6)11)4-5-1-2-7(18-5)14(16)17/h1-3H,4H2. The van der Waals surface area contributed by atoms with Gasteiger partial charge in [-0.3, -0.25) is 14.9 Å². The number of furan rings is 1. The van der Waals surface area contributed by atoms with Gasteiger partial charge in [0.2, 0.25) is 0 Å². The Kier molecular flexibility index (Phi) is 3.62. The maximum absolute atomic E-state index is 11.8. The van der Waals surface area contributed by atoms with Crippen molar-refractivity contribution in [2.45, 2.75) is 6.54 Å². The molecule has 94 valence electrons. The van der Waals surface area contributed by atoms with Crippen LogP contribution in [0.25, 0.3) is 0 Å². The Balaban J connectivity index is 2.31. The molecule has 0 aromatic carbocycles. The number of halogens is 2. The summed E-state index contributed by atoms with van der Waals surface area (Å²) in [6.07, 6.45) is 1.45. The average molecular weight is 379 g/mol. The van der Waals surface area contributed by atoms with Gasteiger partial charge in [-0.05, 0) is 37.9 Å². The van der Waals surface area contributed by atoms with Crippen LogP contribution in [0.1, 0.15) is 5.76 Å². The van der Waals surface area contributed by atoms with Gasteiger partial charge in [0.1, 0.15) is 21.7 Å². The molecule has 0 fully saturated rings. The van der Waals surface area contributed by atoms with Crippen LogP contribution in [0.5, 0.6) is 0 Å². The lowest BCUT2D eigenvalue weighted by Crippen LogP contribution is -2.23. The molecule has 0 amide bonds. The normalized spacial score (nSPS) is 10.6. The second-order valence-electron chi connectivity index (χ2n) is 3.27. The summed E-state index contributed by atoms with van der Waals surface area (Å²) in [6.45, 7) is 0.0263. The Morgan fingerprint density at radius 3 is 2.78 bits per heavy atom. The smallest absolute Gasteiger partial charge is 0.404 e. The highest BCUT2D eigenvalue weighted by molar-refractivity contribution is 9.13. The van der Waals surface area contributed by atoms with Gasteiger partial charge in [-0.15, -0.1) is 0 Å². The number of hydrogen-bond acceptors (Lipinski definition) is 5. The molecule has 2 aromatic rings. The lowest BCUT2D eigenvalue weighted by Gasteiger charge is -2.02. The maximum atomic E-state index is 11.8. The van der Waals surface area contributed by atoms with Crippen LogP contribution in [0, 0.1) is 10.1 Å². The van der Waals surface area contributed by atoms with E-state index in [1.165, 1.54) is 18.3 Å². The van der Waals surface area contributed by atoms with E-state index in [1.54, 1.807) is 0 Å². The number of rotatable bonds is 3. The van der Waals surface area contributed by atoms with Gasteiger partial charge in [0.15, 0.2) is 0 Å². The van der Waals surface area contributed by atoms with Gasteiger partial charge in [0.05, 0.1) is 16.7 Å². The topological polar surface area (TPSA) is 91.2 Å². The molecule has 18 heavy (non-hydrogen) atoms. The molecule has 2 heterocycles. The molecule has 0 aliphatic carbocycles. The van der Waals surface area contributed by atoms with E-state index < -0.39 is 4.92 Å². The highest BCUT2D eigenvalue weighted by atomic mass is 79.9. The molecule has 0 N–H and O–H groups in total. The van der Waals surface area contributed by atoms with Crippen molar-refractivity contribution in [2.75, 3.05) is 0 Å². The fraction of sp³-hybridized carbons (Fsp3) is 0.111. The first-order valence-corrected chi connectivity index (χ1v) is 6.22. The van der Waals surface area contributed by atoms with Crippen LogP contribution in [0.4, 0.5) is 5.88 Å². The van der Waals surface area contributed by atoms with E-state index in [0.29, 0.717) is 8.95 Å². The van der Waals surface area contributed by atoms with Crippen LogP contribution < -0.4 is 5.56 Å². The van der Waals surface area contributed by atoms with Crippen molar-refractivity contribution in [1.29, 1.82) is 0 Å².